The van der Waals surface area contributed by atoms with Crippen molar-refractivity contribution in [3.63, 3.8) is 0 Å². The van der Waals surface area contributed by atoms with E-state index in [2.05, 4.69) is 4.98 Å². The highest BCUT2D eigenvalue weighted by atomic mass is 16.1. The van der Waals surface area contributed by atoms with Crippen LogP contribution in [-0.2, 0) is 11.2 Å². The lowest BCUT2D eigenvalue weighted by atomic mass is 9.91. The third-order valence-electron chi connectivity index (χ3n) is 2.35. The minimum absolute atomic E-state index is 0.109. The number of aromatic nitrogens is 1. The maximum absolute atomic E-state index is 11.6. The van der Waals surface area contributed by atoms with Crippen molar-refractivity contribution >= 4 is 5.78 Å². The minimum atomic E-state index is 0.109. The van der Waals surface area contributed by atoms with Crippen LogP contribution in [0, 0.1) is 11.8 Å². The van der Waals surface area contributed by atoms with Crippen LogP contribution in [0.15, 0.2) is 24.5 Å². The summed E-state index contributed by atoms with van der Waals surface area (Å²) in [5, 5.41) is 0. The lowest BCUT2D eigenvalue weighted by Gasteiger charge is -2.12. The van der Waals surface area contributed by atoms with Gasteiger partial charge in [0.25, 0.3) is 0 Å². The second-order valence-electron chi connectivity index (χ2n) is 4.02. The number of carbonyl (C=O) groups excluding carboxylic acids is 1. The minimum Gasteiger partial charge on any atom is -0.299 e. The largest absolute Gasteiger partial charge is 0.299 e. The Kier molecular flexibility index (Phi) is 3.81. The molecule has 0 amide bonds. The number of ketones is 1. The molecule has 0 bridgehead atoms. The normalized spacial score (nSPS) is 12.9. The molecule has 1 aromatic rings. The van der Waals surface area contributed by atoms with Crippen LogP contribution in [0.5, 0.6) is 0 Å². The maximum atomic E-state index is 11.6. The van der Waals surface area contributed by atoms with Gasteiger partial charge in [-0.15, -0.1) is 0 Å². The fourth-order valence-corrected chi connectivity index (χ4v) is 1.54. The first-order valence-electron chi connectivity index (χ1n) is 5.04. The number of hydrogen-bond acceptors (Lipinski definition) is 2. The topological polar surface area (TPSA) is 30.0 Å². The Labute approximate surface area is 85.4 Å². The van der Waals surface area contributed by atoms with E-state index in [0.29, 0.717) is 5.78 Å². The molecular weight excluding hydrogens is 174 g/mol. The van der Waals surface area contributed by atoms with Gasteiger partial charge in [-0.1, -0.05) is 20.8 Å². The summed E-state index contributed by atoms with van der Waals surface area (Å²) in [7, 11) is 0. The van der Waals surface area contributed by atoms with Crippen LogP contribution >= 0.6 is 0 Å². The van der Waals surface area contributed by atoms with Crippen LogP contribution in [0.2, 0.25) is 0 Å². The molecule has 0 saturated heterocycles. The molecule has 1 rings (SSSR count). The Morgan fingerprint density at radius 3 is 2.36 bits per heavy atom. The van der Waals surface area contributed by atoms with E-state index in [0.717, 1.165) is 6.42 Å². The van der Waals surface area contributed by atoms with Gasteiger partial charge in [-0.3, -0.25) is 9.78 Å². The van der Waals surface area contributed by atoms with Crippen molar-refractivity contribution in [3.05, 3.63) is 30.1 Å². The Morgan fingerprint density at radius 2 is 1.86 bits per heavy atom. The van der Waals surface area contributed by atoms with Gasteiger partial charge in [0.2, 0.25) is 0 Å². The number of nitrogens with zero attached hydrogens (tertiary/aromatic N) is 1. The van der Waals surface area contributed by atoms with Crippen molar-refractivity contribution in [1.82, 2.24) is 4.98 Å². The highest BCUT2D eigenvalue weighted by Gasteiger charge is 2.16. The molecule has 0 N–H and O–H groups in total. The van der Waals surface area contributed by atoms with Crippen molar-refractivity contribution in [3.8, 4) is 0 Å². The maximum Gasteiger partial charge on any atom is 0.138 e. The average molecular weight is 191 g/mol. The fraction of sp³-hybridized carbons (Fsp3) is 0.500. The molecule has 0 aliphatic rings. The molecule has 1 heterocycles. The number of carbonyl (C=O) groups is 1. The van der Waals surface area contributed by atoms with E-state index < -0.39 is 0 Å². The van der Waals surface area contributed by atoms with Crippen molar-refractivity contribution in [2.24, 2.45) is 11.8 Å². The lowest BCUT2D eigenvalue weighted by molar-refractivity contribution is -0.125. The SMILES string of the molecule is CC(C)C(=O)C(C)Cc1ccncc1. The van der Waals surface area contributed by atoms with E-state index in [1.165, 1.54) is 5.56 Å². The summed E-state index contributed by atoms with van der Waals surface area (Å²) in [5.74, 6) is 0.575. The fourth-order valence-electron chi connectivity index (χ4n) is 1.54. The van der Waals surface area contributed by atoms with Crippen LogP contribution in [0.25, 0.3) is 0 Å². The number of pyridine rings is 1. The van der Waals surface area contributed by atoms with Gasteiger partial charge in [0.05, 0.1) is 0 Å². The van der Waals surface area contributed by atoms with E-state index in [1.807, 2.05) is 32.9 Å². The molecule has 14 heavy (non-hydrogen) atoms. The zero-order valence-corrected chi connectivity index (χ0v) is 9.03. The van der Waals surface area contributed by atoms with Gasteiger partial charge < -0.3 is 0 Å². The van der Waals surface area contributed by atoms with E-state index in [4.69, 9.17) is 0 Å². The number of Topliss-reactive ketones (excluding diaryl/α,β-unsaturated/α-hetero) is 1. The summed E-state index contributed by atoms with van der Waals surface area (Å²) in [6, 6.07) is 3.92. The zero-order valence-electron chi connectivity index (χ0n) is 9.03. The van der Waals surface area contributed by atoms with Gasteiger partial charge in [0, 0.05) is 24.2 Å². The lowest BCUT2D eigenvalue weighted by Crippen LogP contribution is -2.18. The molecule has 1 atom stereocenters. The van der Waals surface area contributed by atoms with Gasteiger partial charge in [-0.25, -0.2) is 0 Å². The molecule has 1 aromatic heterocycles. The third-order valence-corrected chi connectivity index (χ3v) is 2.35. The van der Waals surface area contributed by atoms with Crippen molar-refractivity contribution in [1.29, 1.82) is 0 Å². The molecule has 0 radical (unpaired) electrons. The molecule has 0 spiro atoms. The first-order valence-corrected chi connectivity index (χ1v) is 5.04. The quantitative estimate of drug-likeness (QED) is 0.731. The van der Waals surface area contributed by atoms with Gasteiger partial charge in [-0.2, -0.15) is 0 Å². The van der Waals surface area contributed by atoms with Crippen LogP contribution in [0.4, 0.5) is 0 Å². The van der Waals surface area contributed by atoms with Crippen LogP contribution in [0.3, 0.4) is 0 Å². The molecule has 2 heteroatoms. The molecule has 0 aliphatic carbocycles. The van der Waals surface area contributed by atoms with Crippen molar-refractivity contribution in [2.75, 3.05) is 0 Å². The van der Waals surface area contributed by atoms with Crippen LogP contribution in [0.1, 0.15) is 26.3 Å². The van der Waals surface area contributed by atoms with Gasteiger partial charge >= 0.3 is 0 Å². The number of hydrogen-bond donors (Lipinski definition) is 0. The Morgan fingerprint density at radius 1 is 1.29 bits per heavy atom. The summed E-state index contributed by atoms with van der Waals surface area (Å²) in [6.07, 6.45) is 4.35. The zero-order chi connectivity index (χ0) is 10.6. The van der Waals surface area contributed by atoms with Gasteiger partial charge in [0.1, 0.15) is 5.78 Å². The molecule has 0 fully saturated rings. The van der Waals surface area contributed by atoms with Crippen molar-refractivity contribution < 1.29 is 4.79 Å². The van der Waals surface area contributed by atoms with E-state index in [1.54, 1.807) is 12.4 Å². The molecule has 0 aliphatic heterocycles. The van der Waals surface area contributed by atoms with Gasteiger partial charge in [-0.05, 0) is 24.1 Å². The smallest absolute Gasteiger partial charge is 0.138 e. The average Bonchev–Trinajstić information content (AvgIpc) is 2.18. The third kappa shape index (κ3) is 2.95. The monoisotopic (exact) mass is 191 g/mol. The summed E-state index contributed by atoms with van der Waals surface area (Å²) in [4.78, 5) is 15.6. The molecule has 76 valence electrons. The highest BCUT2D eigenvalue weighted by Crippen LogP contribution is 2.12. The predicted octanol–water partition coefficient (Wildman–Crippen LogP) is 2.49. The van der Waals surface area contributed by atoms with E-state index in [9.17, 15) is 4.79 Å². The summed E-state index contributed by atoms with van der Waals surface area (Å²) < 4.78 is 0. The molecule has 0 aromatic carbocycles. The molecular formula is C12H17NO. The van der Waals surface area contributed by atoms with Crippen LogP contribution < -0.4 is 0 Å². The first-order chi connectivity index (χ1) is 6.61. The van der Waals surface area contributed by atoms with Crippen LogP contribution in [-0.4, -0.2) is 10.8 Å². The summed E-state index contributed by atoms with van der Waals surface area (Å²) in [5.41, 5.74) is 1.18. The molecule has 1 unspecified atom stereocenters. The molecule has 2 nitrogen and oxygen atoms in total. The number of rotatable bonds is 4. The van der Waals surface area contributed by atoms with E-state index >= 15 is 0 Å². The Bertz CT molecular complexity index is 292. The first kappa shape index (κ1) is 10.9. The van der Waals surface area contributed by atoms with E-state index in [-0.39, 0.29) is 11.8 Å². The summed E-state index contributed by atoms with van der Waals surface area (Å²) >= 11 is 0. The highest BCUT2D eigenvalue weighted by molar-refractivity contribution is 5.82. The second-order valence-corrected chi connectivity index (χ2v) is 4.02. The Balaban J connectivity index is 2.57. The predicted molar refractivity (Wildman–Crippen MR) is 57.0 cm³/mol. The second kappa shape index (κ2) is 4.89. The molecule has 0 saturated carbocycles. The van der Waals surface area contributed by atoms with Crippen molar-refractivity contribution in [2.45, 2.75) is 27.2 Å². The Hall–Kier alpha value is -1.18. The summed E-state index contributed by atoms with van der Waals surface area (Å²) in [6.45, 7) is 5.89. The van der Waals surface area contributed by atoms with Gasteiger partial charge in [0.15, 0.2) is 0 Å². The standard InChI is InChI=1S/C12H17NO/c1-9(2)12(14)10(3)8-11-4-6-13-7-5-11/h4-7,9-10H,8H2,1-3H3.